The van der Waals surface area contributed by atoms with Gasteiger partial charge in [-0.1, -0.05) is 55.0 Å². The van der Waals surface area contributed by atoms with E-state index >= 15 is 0 Å². The lowest BCUT2D eigenvalue weighted by Gasteiger charge is -2.29. The Labute approximate surface area is 120 Å². The third-order valence-electron chi connectivity index (χ3n) is 3.92. The second-order valence-corrected chi connectivity index (χ2v) is 5.37. The second kappa shape index (κ2) is 6.10. The molecule has 1 saturated carbocycles. The average Bonchev–Trinajstić information content (AvgIpc) is 2.51. The predicted molar refractivity (Wildman–Crippen MR) is 80.8 cm³/mol. The van der Waals surface area contributed by atoms with Gasteiger partial charge in [0.1, 0.15) is 11.9 Å². The van der Waals surface area contributed by atoms with Crippen molar-refractivity contribution in [3.63, 3.8) is 0 Å². The smallest absolute Gasteiger partial charge is 0.127 e. The van der Waals surface area contributed by atoms with Gasteiger partial charge < -0.3 is 9.84 Å². The molecule has 3 rings (SSSR count). The number of para-hydroxylation sites is 1. The van der Waals surface area contributed by atoms with Gasteiger partial charge in [-0.25, -0.2) is 0 Å². The lowest BCUT2D eigenvalue weighted by molar-refractivity contribution is 0.00718. The molecule has 0 aromatic heterocycles. The van der Waals surface area contributed by atoms with E-state index in [-0.39, 0.29) is 12.2 Å². The van der Waals surface area contributed by atoms with Crippen LogP contribution in [0.25, 0.3) is 11.1 Å². The molecule has 1 N–H and O–H groups in total. The first-order valence-corrected chi connectivity index (χ1v) is 7.34. The van der Waals surface area contributed by atoms with Gasteiger partial charge in [-0.2, -0.15) is 0 Å². The maximum Gasteiger partial charge on any atom is 0.127 e. The fraction of sp³-hybridized carbons (Fsp3) is 0.333. The van der Waals surface area contributed by atoms with E-state index in [2.05, 4.69) is 18.2 Å². The molecule has 1 aliphatic rings. The number of hydrogen-bond donors (Lipinski definition) is 1. The number of hydrogen-bond acceptors (Lipinski definition) is 2. The molecule has 2 aromatic carbocycles. The molecule has 1 aliphatic carbocycles. The minimum atomic E-state index is -0.340. The zero-order chi connectivity index (χ0) is 13.8. The van der Waals surface area contributed by atoms with Crippen molar-refractivity contribution in [3.8, 4) is 16.9 Å². The molecule has 0 radical (unpaired) electrons. The molecule has 104 valence electrons. The summed E-state index contributed by atoms with van der Waals surface area (Å²) in [4.78, 5) is 0. The number of aliphatic hydroxyl groups excluding tert-OH is 1. The summed E-state index contributed by atoms with van der Waals surface area (Å²) >= 11 is 0. The summed E-state index contributed by atoms with van der Waals surface area (Å²) in [5, 5.41) is 10.1. The third-order valence-corrected chi connectivity index (χ3v) is 3.92. The number of aliphatic hydroxyl groups is 1. The van der Waals surface area contributed by atoms with E-state index in [9.17, 15) is 5.11 Å². The Kier molecular flexibility index (Phi) is 4.03. The Morgan fingerprint density at radius 2 is 1.55 bits per heavy atom. The summed E-state index contributed by atoms with van der Waals surface area (Å²) in [5.41, 5.74) is 2.24. The normalized spacial score (nSPS) is 22.4. The van der Waals surface area contributed by atoms with Gasteiger partial charge in [0.15, 0.2) is 0 Å². The first kappa shape index (κ1) is 13.2. The number of rotatable bonds is 3. The van der Waals surface area contributed by atoms with Crippen molar-refractivity contribution in [2.75, 3.05) is 0 Å². The van der Waals surface area contributed by atoms with Crippen LogP contribution in [0.4, 0.5) is 0 Å². The lowest BCUT2D eigenvalue weighted by Crippen LogP contribution is -2.34. The maximum absolute atomic E-state index is 10.1. The van der Waals surface area contributed by atoms with E-state index in [1.807, 2.05) is 36.4 Å². The molecule has 0 unspecified atom stereocenters. The van der Waals surface area contributed by atoms with Crippen LogP contribution in [0.2, 0.25) is 0 Å². The molecule has 1 fully saturated rings. The van der Waals surface area contributed by atoms with Crippen LogP contribution in [0.15, 0.2) is 54.6 Å². The molecule has 20 heavy (non-hydrogen) atoms. The lowest BCUT2D eigenvalue weighted by atomic mass is 9.94. The molecule has 2 heteroatoms. The van der Waals surface area contributed by atoms with E-state index in [1.54, 1.807) is 0 Å². The van der Waals surface area contributed by atoms with Gasteiger partial charge >= 0.3 is 0 Å². The van der Waals surface area contributed by atoms with Crippen LogP contribution in [-0.4, -0.2) is 17.3 Å². The van der Waals surface area contributed by atoms with Gasteiger partial charge in [-0.05, 0) is 30.9 Å². The average molecular weight is 268 g/mol. The quantitative estimate of drug-likeness (QED) is 0.910. The highest BCUT2D eigenvalue weighted by atomic mass is 16.5. The highest BCUT2D eigenvalue weighted by Gasteiger charge is 2.25. The molecule has 0 spiro atoms. The summed E-state index contributed by atoms with van der Waals surface area (Å²) in [6.07, 6.45) is 3.60. The van der Waals surface area contributed by atoms with Crippen LogP contribution in [-0.2, 0) is 0 Å². The van der Waals surface area contributed by atoms with Gasteiger partial charge in [0.05, 0.1) is 6.10 Å². The fourth-order valence-corrected chi connectivity index (χ4v) is 2.80. The fourth-order valence-electron chi connectivity index (χ4n) is 2.80. The van der Waals surface area contributed by atoms with Crippen molar-refractivity contribution in [1.82, 2.24) is 0 Å². The SMILES string of the molecule is O[C@@H]1CCCC[C@H]1Oc1ccccc1-c1ccccc1. The first-order chi connectivity index (χ1) is 9.84. The largest absolute Gasteiger partial charge is 0.487 e. The second-order valence-electron chi connectivity index (χ2n) is 5.37. The van der Waals surface area contributed by atoms with Crippen LogP contribution in [0.5, 0.6) is 5.75 Å². The summed E-state index contributed by atoms with van der Waals surface area (Å²) in [7, 11) is 0. The van der Waals surface area contributed by atoms with E-state index in [1.165, 1.54) is 0 Å². The number of ether oxygens (including phenoxy) is 1. The Morgan fingerprint density at radius 1 is 0.850 bits per heavy atom. The Balaban J connectivity index is 1.86. The van der Waals surface area contributed by atoms with Crippen molar-refractivity contribution in [1.29, 1.82) is 0 Å². The molecular weight excluding hydrogens is 248 g/mol. The van der Waals surface area contributed by atoms with Crippen LogP contribution in [0, 0.1) is 0 Å². The highest BCUT2D eigenvalue weighted by Crippen LogP contribution is 2.32. The van der Waals surface area contributed by atoms with Crippen LogP contribution in [0.1, 0.15) is 25.7 Å². The van der Waals surface area contributed by atoms with E-state index in [0.717, 1.165) is 42.6 Å². The molecule has 2 aromatic rings. The Morgan fingerprint density at radius 3 is 2.35 bits per heavy atom. The zero-order valence-electron chi connectivity index (χ0n) is 11.5. The van der Waals surface area contributed by atoms with Crippen molar-refractivity contribution < 1.29 is 9.84 Å². The van der Waals surface area contributed by atoms with E-state index < -0.39 is 0 Å². The van der Waals surface area contributed by atoms with Crippen molar-refractivity contribution in [2.45, 2.75) is 37.9 Å². The standard InChI is InChI=1S/C18H20O2/c19-16-11-5-7-13-18(16)20-17-12-6-4-10-15(17)14-8-2-1-3-9-14/h1-4,6,8-10,12,16,18-19H,5,7,11,13H2/t16-,18-/m1/s1. The summed E-state index contributed by atoms with van der Waals surface area (Å²) in [6, 6.07) is 18.3. The summed E-state index contributed by atoms with van der Waals surface area (Å²) in [6.45, 7) is 0. The van der Waals surface area contributed by atoms with Crippen molar-refractivity contribution in [2.24, 2.45) is 0 Å². The van der Waals surface area contributed by atoms with Gasteiger partial charge in [-0.3, -0.25) is 0 Å². The van der Waals surface area contributed by atoms with E-state index in [4.69, 9.17) is 4.74 Å². The predicted octanol–water partition coefficient (Wildman–Crippen LogP) is 4.04. The molecule has 0 amide bonds. The minimum absolute atomic E-state index is 0.0754. The molecule has 0 saturated heterocycles. The molecule has 0 bridgehead atoms. The minimum Gasteiger partial charge on any atom is -0.487 e. The topological polar surface area (TPSA) is 29.5 Å². The van der Waals surface area contributed by atoms with Crippen LogP contribution < -0.4 is 4.74 Å². The Hall–Kier alpha value is -1.80. The maximum atomic E-state index is 10.1. The first-order valence-electron chi connectivity index (χ1n) is 7.34. The van der Waals surface area contributed by atoms with Gasteiger partial charge in [-0.15, -0.1) is 0 Å². The van der Waals surface area contributed by atoms with Gasteiger partial charge in [0.25, 0.3) is 0 Å². The molecule has 0 aliphatic heterocycles. The number of benzene rings is 2. The monoisotopic (exact) mass is 268 g/mol. The van der Waals surface area contributed by atoms with E-state index in [0.29, 0.717) is 0 Å². The summed E-state index contributed by atoms with van der Waals surface area (Å²) < 4.78 is 6.10. The van der Waals surface area contributed by atoms with Crippen LogP contribution in [0.3, 0.4) is 0 Å². The third kappa shape index (κ3) is 2.86. The summed E-state index contributed by atoms with van der Waals surface area (Å²) in [5.74, 6) is 0.865. The Bertz CT molecular complexity index is 550. The molecule has 0 heterocycles. The zero-order valence-corrected chi connectivity index (χ0v) is 11.5. The van der Waals surface area contributed by atoms with Crippen molar-refractivity contribution in [3.05, 3.63) is 54.6 Å². The van der Waals surface area contributed by atoms with Gasteiger partial charge in [0.2, 0.25) is 0 Å². The highest BCUT2D eigenvalue weighted by molar-refractivity contribution is 5.70. The molecular formula is C18H20O2. The van der Waals surface area contributed by atoms with Gasteiger partial charge in [0, 0.05) is 5.56 Å². The molecule has 2 atom stereocenters. The van der Waals surface area contributed by atoms with Crippen molar-refractivity contribution >= 4 is 0 Å². The van der Waals surface area contributed by atoms with Crippen LogP contribution >= 0.6 is 0 Å². The molecule has 2 nitrogen and oxygen atoms in total.